The zero-order valence-electron chi connectivity index (χ0n) is 15.2. The number of carboxylic acid groups (broad SMARTS) is 1. The predicted molar refractivity (Wildman–Crippen MR) is 104 cm³/mol. The third kappa shape index (κ3) is 5.32. The molecule has 1 atom stereocenters. The molecular weight excluding hydrogens is 381 g/mol. The van der Waals surface area contributed by atoms with E-state index in [4.69, 9.17) is 10.8 Å². The number of benzene rings is 2. The molecule has 2 aromatic carbocycles. The zero-order valence-corrected chi connectivity index (χ0v) is 15.2. The van der Waals surface area contributed by atoms with Gasteiger partial charge in [0.15, 0.2) is 5.71 Å². The molecule has 0 heterocycles. The zero-order chi connectivity index (χ0) is 21.6. The van der Waals surface area contributed by atoms with Crippen molar-refractivity contribution in [3.63, 3.8) is 0 Å². The molecule has 2 aromatic rings. The molecule has 0 unspecified atom stereocenters. The van der Waals surface area contributed by atoms with Crippen LogP contribution < -0.4 is 11.1 Å². The summed E-state index contributed by atoms with van der Waals surface area (Å²) in [4.78, 5) is 23.6. The summed E-state index contributed by atoms with van der Waals surface area (Å²) in [6.07, 6.45) is -0.290. The van der Waals surface area contributed by atoms with Gasteiger partial charge in [0.05, 0.1) is 5.94 Å². The molecule has 0 saturated heterocycles. The van der Waals surface area contributed by atoms with Gasteiger partial charge in [-0.2, -0.15) is 0 Å². The van der Waals surface area contributed by atoms with Gasteiger partial charge < -0.3 is 36.5 Å². The summed E-state index contributed by atoms with van der Waals surface area (Å²) in [7, 11) is -2.04. The fourth-order valence-electron chi connectivity index (χ4n) is 2.67. The molecule has 0 radical (unpaired) electrons. The molecular formula is C18H20BN3O7. The van der Waals surface area contributed by atoms with Gasteiger partial charge in [-0.25, -0.2) is 4.79 Å². The van der Waals surface area contributed by atoms with Gasteiger partial charge in [-0.15, -0.1) is 0 Å². The topological polar surface area (TPSA) is 186 Å². The molecule has 1 amide bonds. The second-order valence-electron chi connectivity index (χ2n) is 6.17. The number of carboxylic acids is 1. The summed E-state index contributed by atoms with van der Waals surface area (Å²) in [5.41, 5.74) is 5.92. The van der Waals surface area contributed by atoms with E-state index in [1.165, 1.54) is 30.3 Å². The first-order valence-electron chi connectivity index (χ1n) is 8.51. The standard InChI is InChI=1S/C18H20BN3O7/c20-9-10-4-6-11(7-5-10)15(22-29)17(24)21-14(19(27)28)8-12-2-1-3-13(16(12)23)18(25)26/h1-7,14,23,27-29H,8-9,20H2,(H,21,24)(H,25,26)/t14-/m0/s1. The summed E-state index contributed by atoms with van der Waals surface area (Å²) >= 11 is 0. The number of carbonyl (C=O) groups excluding carboxylic acids is 1. The first-order chi connectivity index (χ1) is 13.8. The molecule has 0 aliphatic heterocycles. The Bertz CT molecular complexity index is 916. The van der Waals surface area contributed by atoms with Gasteiger partial charge in [0.25, 0.3) is 5.91 Å². The molecule has 0 saturated carbocycles. The molecule has 0 spiro atoms. The Morgan fingerprint density at radius 1 is 1.14 bits per heavy atom. The third-order valence-electron chi connectivity index (χ3n) is 4.24. The highest BCUT2D eigenvalue weighted by molar-refractivity contribution is 6.48. The Morgan fingerprint density at radius 2 is 1.79 bits per heavy atom. The van der Waals surface area contributed by atoms with E-state index in [2.05, 4.69) is 10.5 Å². The number of hydrogen-bond acceptors (Lipinski definition) is 8. The summed E-state index contributed by atoms with van der Waals surface area (Å²) in [5, 5.41) is 52.9. The predicted octanol–water partition coefficient (Wildman–Crippen LogP) is -0.533. The summed E-state index contributed by atoms with van der Waals surface area (Å²) in [5.74, 6) is -4.13. The van der Waals surface area contributed by atoms with Crippen LogP contribution in [0.3, 0.4) is 0 Å². The van der Waals surface area contributed by atoms with Crippen LogP contribution in [0.25, 0.3) is 0 Å². The maximum atomic E-state index is 12.5. The molecule has 2 rings (SSSR count). The number of oxime groups is 1. The van der Waals surface area contributed by atoms with Crippen LogP contribution in [0.4, 0.5) is 0 Å². The van der Waals surface area contributed by atoms with Crippen LogP contribution in [0.2, 0.25) is 0 Å². The smallest absolute Gasteiger partial charge is 0.475 e. The fourth-order valence-corrected chi connectivity index (χ4v) is 2.67. The van der Waals surface area contributed by atoms with Gasteiger partial charge in [0.1, 0.15) is 11.3 Å². The van der Waals surface area contributed by atoms with E-state index in [-0.39, 0.29) is 35.4 Å². The SMILES string of the molecule is NCc1ccc(C(=NO)C(=O)N[C@@H](Cc2cccc(C(=O)O)c2O)B(O)O)cc1. The minimum atomic E-state index is -2.04. The number of carbonyl (C=O) groups is 2. The monoisotopic (exact) mass is 401 g/mol. The van der Waals surface area contributed by atoms with E-state index in [9.17, 15) is 30.0 Å². The number of nitrogens with one attached hydrogen (secondary N) is 1. The normalized spacial score (nSPS) is 12.3. The number of phenols is 1. The molecule has 0 fully saturated rings. The lowest BCUT2D eigenvalue weighted by atomic mass is 9.75. The van der Waals surface area contributed by atoms with E-state index >= 15 is 0 Å². The Morgan fingerprint density at radius 3 is 2.31 bits per heavy atom. The minimum absolute atomic E-state index is 0.0816. The third-order valence-corrected chi connectivity index (χ3v) is 4.24. The molecule has 8 N–H and O–H groups in total. The summed E-state index contributed by atoms with van der Waals surface area (Å²) in [6.45, 7) is 0.287. The number of hydrogen-bond donors (Lipinski definition) is 7. The molecule has 0 aliphatic rings. The van der Waals surface area contributed by atoms with Crippen LogP contribution in [0.1, 0.15) is 27.0 Å². The van der Waals surface area contributed by atoms with Crippen LogP contribution in [-0.4, -0.2) is 56.1 Å². The van der Waals surface area contributed by atoms with Crippen molar-refractivity contribution in [1.29, 1.82) is 0 Å². The van der Waals surface area contributed by atoms with E-state index in [0.717, 1.165) is 5.56 Å². The lowest BCUT2D eigenvalue weighted by Gasteiger charge is -2.19. The highest BCUT2D eigenvalue weighted by atomic mass is 16.4. The Labute approximate surface area is 166 Å². The van der Waals surface area contributed by atoms with Gasteiger partial charge in [-0.05, 0) is 23.6 Å². The largest absolute Gasteiger partial charge is 0.507 e. The van der Waals surface area contributed by atoms with Crippen molar-refractivity contribution in [1.82, 2.24) is 5.32 Å². The van der Waals surface area contributed by atoms with E-state index in [1.807, 2.05) is 0 Å². The molecule has 11 heteroatoms. The van der Waals surface area contributed by atoms with Gasteiger partial charge in [0.2, 0.25) is 0 Å². The van der Waals surface area contributed by atoms with E-state index < -0.39 is 30.7 Å². The maximum Gasteiger partial charge on any atom is 0.475 e. The van der Waals surface area contributed by atoms with Crippen LogP contribution in [-0.2, 0) is 17.8 Å². The number of para-hydroxylation sites is 1. The highest BCUT2D eigenvalue weighted by Gasteiger charge is 2.29. The fraction of sp³-hybridized carbons (Fsp3) is 0.167. The lowest BCUT2D eigenvalue weighted by molar-refractivity contribution is -0.115. The Balaban J connectivity index is 2.22. The number of nitrogens with two attached hydrogens (primary N) is 1. The molecule has 0 aromatic heterocycles. The van der Waals surface area contributed by atoms with Crippen molar-refractivity contribution >= 4 is 24.7 Å². The Kier molecular flexibility index (Phi) is 7.31. The van der Waals surface area contributed by atoms with Crippen molar-refractivity contribution in [3.8, 4) is 5.75 Å². The van der Waals surface area contributed by atoms with Crippen molar-refractivity contribution in [2.24, 2.45) is 10.9 Å². The van der Waals surface area contributed by atoms with Gasteiger partial charge in [0, 0.05) is 12.1 Å². The first-order valence-corrected chi connectivity index (χ1v) is 8.51. The van der Waals surface area contributed by atoms with E-state index in [0.29, 0.717) is 0 Å². The second-order valence-corrected chi connectivity index (χ2v) is 6.17. The van der Waals surface area contributed by atoms with Crippen LogP contribution in [0, 0.1) is 0 Å². The van der Waals surface area contributed by atoms with Crippen LogP contribution in [0.15, 0.2) is 47.6 Å². The molecule has 29 heavy (non-hydrogen) atoms. The van der Waals surface area contributed by atoms with Crippen molar-refractivity contribution in [3.05, 3.63) is 64.7 Å². The second kappa shape index (κ2) is 9.69. The number of rotatable bonds is 8. The van der Waals surface area contributed by atoms with Crippen molar-refractivity contribution < 1.29 is 35.1 Å². The number of nitrogens with zero attached hydrogens (tertiary/aromatic N) is 1. The molecule has 0 aliphatic carbocycles. The molecule has 152 valence electrons. The van der Waals surface area contributed by atoms with E-state index in [1.54, 1.807) is 12.1 Å². The minimum Gasteiger partial charge on any atom is -0.507 e. The van der Waals surface area contributed by atoms with Gasteiger partial charge >= 0.3 is 13.1 Å². The molecule has 10 nitrogen and oxygen atoms in total. The van der Waals surface area contributed by atoms with Gasteiger partial charge in [-0.3, -0.25) is 4.79 Å². The van der Waals surface area contributed by atoms with Crippen LogP contribution in [0.5, 0.6) is 5.75 Å². The van der Waals surface area contributed by atoms with Crippen LogP contribution >= 0.6 is 0 Å². The highest BCUT2D eigenvalue weighted by Crippen LogP contribution is 2.24. The average Bonchev–Trinajstić information content (AvgIpc) is 2.69. The number of aromatic carboxylic acids is 1. The summed E-state index contributed by atoms with van der Waals surface area (Å²) in [6, 6.07) is 10.3. The first kappa shape index (κ1) is 21.9. The van der Waals surface area contributed by atoms with Crippen molar-refractivity contribution in [2.75, 3.05) is 0 Å². The number of amides is 1. The lowest BCUT2D eigenvalue weighted by Crippen LogP contribution is -2.50. The Hall–Kier alpha value is -3.41. The van der Waals surface area contributed by atoms with Gasteiger partial charge in [-0.1, -0.05) is 41.6 Å². The summed E-state index contributed by atoms with van der Waals surface area (Å²) < 4.78 is 0. The van der Waals surface area contributed by atoms with Crippen molar-refractivity contribution in [2.45, 2.75) is 18.9 Å². The average molecular weight is 401 g/mol. The molecule has 0 bridgehead atoms. The number of aromatic hydroxyl groups is 1. The quantitative estimate of drug-likeness (QED) is 0.133. The maximum absolute atomic E-state index is 12.5.